The molecule has 0 aromatic carbocycles. The second kappa shape index (κ2) is 5.64. The average molecular weight is 317 g/mol. The largest absolute Gasteiger partial charge is 0.381 e. The van der Waals surface area contributed by atoms with Crippen LogP contribution in [0.3, 0.4) is 0 Å². The monoisotopic (exact) mass is 316 g/mol. The molecule has 2 saturated heterocycles. The molecule has 1 N–H and O–H groups in total. The Morgan fingerprint density at radius 1 is 1.42 bits per heavy atom. The van der Waals surface area contributed by atoms with Crippen molar-refractivity contribution >= 4 is 39.9 Å². The summed E-state index contributed by atoms with van der Waals surface area (Å²) in [5, 5.41) is 4.69. The van der Waals surface area contributed by atoms with Gasteiger partial charge in [0.05, 0.1) is 15.9 Å². The number of nitrogens with one attached hydrogen (secondary N) is 1. The fourth-order valence-electron chi connectivity index (χ4n) is 2.40. The van der Waals surface area contributed by atoms with Gasteiger partial charge in [0, 0.05) is 23.8 Å². The molecule has 3 nitrogen and oxygen atoms in total. The number of hydrogen-bond donors (Lipinski definition) is 1. The van der Waals surface area contributed by atoms with Gasteiger partial charge >= 0.3 is 0 Å². The van der Waals surface area contributed by atoms with Crippen LogP contribution in [0.15, 0.2) is 17.1 Å². The van der Waals surface area contributed by atoms with Gasteiger partial charge in [-0.2, -0.15) is 0 Å². The summed E-state index contributed by atoms with van der Waals surface area (Å²) >= 11 is 9.41. The van der Waals surface area contributed by atoms with Gasteiger partial charge in [-0.25, -0.2) is 0 Å². The topological polar surface area (TPSA) is 33.6 Å². The van der Waals surface area contributed by atoms with Crippen molar-refractivity contribution in [3.8, 4) is 0 Å². The molecule has 2 aliphatic heterocycles. The second-order valence-electron chi connectivity index (χ2n) is 5.06. The van der Waals surface area contributed by atoms with Crippen LogP contribution in [0.2, 0.25) is 4.34 Å². The maximum absolute atomic E-state index is 5.97. The normalized spacial score (nSPS) is 25.7. The molecular weight excluding hydrogens is 300 g/mol. The van der Waals surface area contributed by atoms with Gasteiger partial charge in [-0.15, -0.1) is 11.3 Å². The highest BCUT2D eigenvalue weighted by Gasteiger charge is 2.38. The number of rotatable bonds is 2. The van der Waals surface area contributed by atoms with Gasteiger partial charge in [-0.1, -0.05) is 23.4 Å². The predicted molar refractivity (Wildman–Crippen MR) is 83.6 cm³/mol. The van der Waals surface area contributed by atoms with Crippen molar-refractivity contribution in [1.82, 2.24) is 5.32 Å². The second-order valence-corrected chi connectivity index (χ2v) is 7.77. The Labute approximate surface area is 126 Å². The minimum atomic E-state index is 0.169. The van der Waals surface area contributed by atoms with Gasteiger partial charge in [0.2, 0.25) is 0 Å². The molecule has 1 aromatic heterocycles. The number of thioether (sulfide) groups is 1. The van der Waals surface area contributed by atoms with Crippen LogP contribution in [0.1, 0.15) is 30.7 Å². The molecule has 6 heteroatoms. The SMILES string of the molecule is CC(N=C1NC2(CCOCC2)CS1)c1ccc(Cl)s1. The zero-order valence-corrected chi connectivity index (χ0v) is 13.2. The third-order valence-electron chi connectivity index (χ3n) is 3.62. The van der Waals surface area contributed by atoms with E-state index >= 15 is 0 Å². The van der Waals surface area contributed by atoms with Crippen molar-refractivity contribution < 1.29 is 4.74 Å². The summed E-state index contributed by atoms with van der Waals surface area (Å²) in [6.07, 6.45) is 2.16. The van der Waals surface area contributed by atoms with E-state index in [2.05, 4.69) is 18.3 Å². The maximum atomic E-state index is 5.97. The van der Waals surface area contributed by atoms with Gasteiger partial charge in [-0.3, -0.25) is 4.99 Å². The minimum Gasteiger partial charge on any atom is -0.381 e. The van der Waals surface area contributed by atoms with Crippen LogP contribution in [0.4, 0.5) is 0 Å². The lowest BCUT2D eigenvalue weighted by Crippen LogP contribution is -2.48. The number of halogens is 1. The van der Waals surface area contributed by atoms with Crippen LogP contribution in [0, 0.1) is 0 Å². The first-order valence-electron chi connectivity index (χ1n) is 6.49. The Balaban J connectivity index is 1.68. The molecular formula is C13H17ClN2OS2. The highest BCUT2D eigenvalue weighted by Crippen LogP contribution is 2.34. The average Bonchev–Trinajstić information content (AvgIpc) is 2.98. The predicted octanol–water partition coefficient (Wildman–Crippen LogP) is 3.70. The molecule has 3 heterocycles. The highest BCUT2D eigenvalue weighted by atomic mass is 35.5. The van der Waals surface area contributed by atoms with Crippen molar-refractivity contribution in [2.24, 2.45) is 4.99 Å². The van der Waals surface area contributed by atoms with E-state index < -0.39 is 0 Å². The van der Waals surface area contributed by atoms with Crippen LogP contribution in [-0.4, -0.2) is 29.7 Å². The smallest absolute Gasteiger partial charge is 0.157 e. The first-order valence-corrected chi connectivity index (χ1v) is 8.67. The van der Waals surface area contributed by atoms with Crippen LogP contribution >= 0.6 is 34.7 Å². The Morgan fingerprint density at radius 3 is 2.89 bits per heavy atom. The number of ether oxygens (including phenoxy) is 1. The van der Waals surface area contributed by atoms with Crippen LogP contribution in [0.25, 0.3) is 0 Å². The van der Waals surface area contributed by atoms with Gasteiger partial charge < -0.3 is 10.1 Å². The van der Waals surface area contributed by atoms with Gasteiger partial charge in [0.15, 0.2) is 5.17 Å². The van der Waals surface area contributed by atoms with Crippen molar-refractivity contribution in [2.75, 3.05) is 19.0 Å². The molecule has 2 aliphatic rings. The lowest BCUT2D eigenvalue weighted by atomic mass is 9.93. The first-order chi connectivity index (χ1) is 9.17. The molecule has 0 aliphatic carbocycles. The summed E-state index contributed by atoms with van der Waals surface area (Å²) in [6, 6.07) is 4.17. The molecule has 1 aromatic rings. The number of hydrogen-bond acceptors (Lipinski definition) is 4. The molecule has 1 atom stereocenters. The van der Waals surface area contributed by atoms with E-state index in [1.165, 1.54) is 4.88 Å². The molecule has 1 spiro atoms. The Hall–Kier alpha value is -0.230. The maximum Gasteiger partial charge on any atom is 0.157 e. The van der Waals surface area contributed by atoms with E-state index in [4.69, 9.17) is 21.3 Å². The first kappa shape index (κ1) is 13.7. The molecule has 2 fully saturated rings. The van der Waals surface area contributed by atoms with Gasteiger partial charge in [0.25, 0.3) is 0 Å². The van der Waals surface area contributed by atoms with Gasteiger partial charge in [-0.05, 0) is 31.9 Å². The van der Waals surface area contributed by atoms with E-state index in [1.54, 1.807) is 11.3 Å². The van der Waals surface area contributed by atoms with Crippen LogP contribution < -0.4 is 5.32 Å². The molecule has 0 amide bonds. The summed E-state index contributed by atoms with van der Waals surface area (Å²) in [6.45, 7) is 3.83. The minimum absolute atomic E-state index is 0.169. The zero-order valence-electron chi connectivity index (χ0n) is 10.8. The highest BCUT2D eigenvalue weighted by molar-refractivity contribution is 8.14. The van der Waals surface area contributed by atoms with Crippen LogP contribution in [0.5, 0.6) is 0 Å². The Morgan fingerprint density at radius 2 is 2.21 bits per heavy atom. The fraction of sp³-hybridized carbons (Fsp3) is 0.615. The number of nitrogens with zero attached hydrogens (tertiary/aromatic N) is 1. The number of thiophene rings is 1. The van der Waals surface area contributed by atoms with E-state index in [9.17, 15) is 0 Å². The Kier molecular flexibility index (Phi) is 4.08. The summed E-state index contributed by atoms with van der Waals surface area (Å²) < 4.78 is 6.27. The summed E-state index contributed by atoms with van der Waals surface area (Å²) in [5.41, 5.74) is 0.217. The number of aliphatic imine (C=N–C) groups is 1. The zero-order chi connectivity index (χ0) is 13.3. The van der Waals surface area contributed by atoms with Gasteiger partial charge in [0.1, 0.15) is 0 Å². The quantitative estimate of drug-likeness (QED) is 0.903. The summed E-state index contributed by atoms with van der Waals surface area (Å²) in [7, 11) is 0. The molecule has 1 unspecified atom stereocenters. The molecule has 104 valence electrons. The van der Waals surface area contributed by atoms with E-state index in [1.807, 2.05) is 17.8 Å². The summed E-state index contributed by atoms with van der Waals surface area (Å²) in [4.78, 5) is 6.00. The van der Waals surface area contributed by atoms with Crippen molar-refractivity contribution in [2.45, 2.75) is 31.3 Å². The third-order valence-corrected chi connectivity index (χ3v) is 6.20. The molecule has 0 bridgehead atoms. The standard InChI is InChI=1S/C13H17ClN2OS2/c1-9(10-2-3-11(14)19-10)15-12-16-13(8-18-12)4-6-17-7-5-13/h2-3,9H,4-8H2,1H3,(H,15,16). The molecule has 0 radical (unpaired) electrons. The van der Waals surface area contributed by atoms with Crippen molar-refractivity contribution in [3.63, 3.8) is 0 Å². The molecule has 3 rings (SSSR count). The van der Waals surface area contributed by atoms with Crippen molar-refractivity contribution in [3.05, 3.63) is 21.3 Å². The molecule has 19 heavy (non-hydrogen) atoms. The van der Waals surface area contributed by atoms with E-state index in [0.717, 1.165) is 41.3 Å². The lowest BCUT2D eigenvalue weighted by Gasteiger charge is -2.32. The fourth-order valence-corrected chi connectivity index (χ4v) is 4.74. The third kappa shape index (κ3) is 3.10. The van der Waals surface area contributed by atoms with E-state index in [0.29, 0.717) is 0 Å². The molecule has 0 saturated carbocycles. The Bertz CT molecular complexity index is 483. The van der Waals surface area contributed by atoms with E-state index in [-0.39, 0.29) is 11.6 Å². The lowest BCUT2D eigenvalue weighted by molar-refractivity contribution is 0.0555. The van der Waals surface area contributed by atoms with Crippen molar-refractivity contribution in [1.29, 1.82) is 0 Å². The number of amidine groups is 1. The van der Waals surface area contributed by atoms with Crippen LogP contribution in [-0.2, 0) is 4.74 Å². The summed E-state index contributed by atoms with van der Waals surface area (Å²) in [5.74, 6) is 1.10.